The molecule has 1 aliphatic heterocycles. The van der Waals surface area contributed by atoms with Gasteiger partial charge in [0.2, 0.25) is 0 Å². The van der Waals surface area contributed by atoms with Crippen molar-refractivity contribution in [3.8, 4) is 5.75 Å². The largest absolute Gasteiger partial charge is 0.492 e. The number of imide groups is 2. The summed E-state index contributed by atoms with van der Waals surface area (Å²) >= 11 is 5.90. The van der Waals surface area contributed by atoms with E-state index >= 15 is 0 Å². The highest BCUT2D eigenvalue weighted by Gasteiger charge is 2.34. The molecule has 7 nitrogen and oxygen atoms in total. The van der Waals surface area contributed by atoms with Crippen molar-refractivity contribution in [2.75, 3.05) is 13.2 Å². The van der Waals surface area contributed by atoms with Crippen molar-refractivity contribution in [1.29, 1.82) is 0 Å². The van der Waals surface area contributed by atoms with Gasteiger partial charge in [-0.3, -0.25) is 19.8 Å². The second-order valence-electron chi connectivity index (χ2n) is 6.96. The number of hydrogen-bond acceptors (Lipinski definition) is 4. The van der Waals surface area contributed by atoms with E-state index in [9.17, 15) is 14.4 Å². The number of ether oxygens (including phenoxy) is 1. The zero-order valence-electron chi connectivity index (χ0n) is 16.8. The van der Waals surface area contributed by atoms with Crippen LogP contribution in [0.4, 0.5) is 4.79 Å². The number of halogens is 1. The van der Waals surface area contributed by atoms with Gasteiger partial charge in [0.25, 0.3) is 11.8 Å². The number of hydrogen-bond donors (Lipinski definition) is 1. The van der Waals surface area contributed by atoms with Crippen molar-refractivity contribution < 1.29 is 19.1 Å². The van der Waals surface area contributed by atoms with Gasteiger partial charge in [-0.15, -0.1) is 0 Å². The van der Waals surface area contributed by atoms with Crippen LogP contribution in [0.5, 0.6) is 5.75 Å². The van der Waals surface area contributed by atoms with Crippen molar-refractivity contribution in [1.82, 2.24) is 14.8 Å². The quantitative estimate of drug-likeness (QED) is 0.469. The Hall–Kier alpha value is -3.58. The van der Waals surface area contributed by atoms with Crippen LogP contribution in [0.15, 0.2) is 60.3 Å². The zero-order chi connectivity index (χ0) is 22.0. The molecule has 2 heterocycles. The van der Waals surface area contributed by atoms with E-state index in [0.717, 1.165) is 21.6 Å². The molecule has 0 bridgehead atoms. The number of para-hydroxylation sites is 1. The Bertz CT molecular complexity index is 1200. The summed E-state index contributed by atoms with van der Waals surface area (Å²) in [5.74, 6) is -0.571. The van der Waals surface area contributed by atoms with Crippen LogP contribution in [0.2, 0.25) is 5.02 Å². The molecule has 4 amide bonds. The van der Waals surface area contributed by atoms with Crippen LogP contribution in [0.3, 0.4) is 0 Å². The van der Waals surface area contributed by atoms with Crippen LogP contribution in [0, 0.1) is 0 Å². The highest BCUT2D eigenvalue weighted by atomic mass is 35.5. The lowest BCUT2D eigenvalue weighted by molar-refractivity contribution is -0.129. The highest BCUT2D eigenvalue weighted by molar-refractivity contribution is 6.31. The molecule has 0 aliphatic carbocycles. The number of aromatic nitrogens is 1. The molecule has 2 aromatic carbocycles. The highest BCUT2D eigenvalue weighted by Crippen LogP contribution is 2.25. The molecular weight excluding hydrogens is 418 g/mol. The SMILES string of the molecule is CCN1C(=O)NC(=O)/C(=C\c2cn(CCOc3ccc(Cl)cc3)c3ccccc23)C1=O. The molecule has 0 saturated carbocycles. The van der Waals surface area contributed by atoms with E-state index in [2.05, 4.69) is 5.32 Å². The summed E-state index contributed by atoms with van der Waals surface area (Å²) in [5.41, 5.74) is 1.59. The van der Waals surface area contributed by atoms with Crippen molar-refractivity contribution >= 4 is 46.4 Å². The first-order valence-corrected chi connectivity index (χ1v) is 10.2. The van der Waals surface area contributed by atoms with E-state index in [1.54, 1.807) is 31.2 Å². The number of urea groups is 1. The summed E-state index contributed by atoms with van der Waals surface area (Å²) in [6, 6.07) is 14.1. The number of carbonyl (C=O) groups excluding carboxylic acids is 3. The fourth-order valence-electron chi connectivity index (χ4n) is 3.50. The van der Waals surface area contributed by atoms with E-state index in [0.29, 0.717) is 23.7 Å². The van der Waals surface area contributed by atoms with Gasteiger partial charge in [0.15, 0.2) is 0 Å². The molecule has 3 aromatic rings. The standard InChI is InChI=1S/C23H20ClN3O4/c1-2-27-22(29)19(21(28)25-23(27)30)13-15-14-26(20-6-4-3-5-18(15)20)11-12-31-17-9-7-16(24)8-10-17/h3-10,13-14H,2,11-12H2,1H3,(H,25,28,30)/b19-13+. The average molecular weight is 438 g/mol. The number of amides is 4. The number of nitrogens with one attached hydrogen (secondary N) is 1. The summed E-state index contributed by atoms with van der Waals surface area (Å²) in [6.07, 6.45) is 3.40. The third-order valence-electron chi connectivity index (χ3n) is 5.04. The fourth-order valence-corrected chi connectivity index (χ4v) is 3.63. The van der Waals surface area contributed by atoms with Crippen molar-refractivity contribution in [3.63, 3.8) is 0 Å². The molecule has 0 radical (unpaired) electrons. The van der Waals surface area contributed by atoms with E-state index in [1.807, 2.05) is 35.0 Å². The second kappa shape index (κ2) is 8.65. The molecule has 31 heavy (non-hydrogen) atoms. The topological polar surface area (TPSA) is 80.6 Å². The molecule has 0 unspecified atom stereocenters. The lowest BCUT2D eigenvalue weighted by Gasteiger charge is -2.24. The van der Waals surface area contributed by atoms with Gasteiger partial charge >= 0.3 is 6.03 Å². The van der Waals surface area contributed by atoms with Gasteiger partial charge in [0.05, 0.1) is 6.54 Å². The molecule has 0 atom stereocenters. The first kappa shape index (κ1) is 20.7. The van der Waals surface area contributed by atoms with Gasteiger partial charge in [-0.25, -0.2) is 4.79 Å². The number of rotatable bonds is 6. The third-order valence-corrected chi connectivity index (χ3v) is 5.29. The van der Waals surface area contributed by atoms with Crippen LogP contribution in [-0.4, -0.2) is 40.5 Å². The third kappa shape index (κ3) is 4.18. The fraction of sp³-hybridized carbons (Fsp3) is 0.174. The normalized spacial score (nSPS) is 15.6. The Kier molecular flexibility index (Phi) is 5.77. The lowest BCUT2D eigenvalue weighted by Crippen LogP contribution is -2.53. The van der Waals surface area contributed by atoms with E-state index < -0.39 is 17.8 Å². The molecule has 8 heteroatoms. The predicted octanol–water partition coefficient (Wildman–Crippen LogP) is 3.86. The maximum absolute atomic E-state index is 12.6. The minimum absolute atomic E-state index is 0.0678. The predicted molar refractivity (Wildman–Crippen MR) is 118 cm³/mol. The summed E-state index contributed by atoms with van der Waals surface area (Å²) in [5, 5.41) is 3.75. The summed E-state index contributed by atoms with van der Waals surface area (Å²) in [4.78, 5) is 37.8. The Morgan fingerprint density at radius 3 is 2.55 bits per heavy atom. The molecule has 0 spiro atoms. The minimum Gasteiger partial charge on any atom is -0.492 e. The van der Waals surface area contributed by atoms with Crippen LogP contribution in [0.25, 0.3) is 17.0 Å². The molecule has 1 fully saturated rings. The summed E-state index contributed by atoms with van der Waals surface area (Å²) in [6.45, 7) is 2.84. The average Bonchev–Trinajstić information content (AvgIpc) is 3.10. The van der Waals surface area contributed by atoms with Crippen LogP contribution < -0.4 is 10.1 Å². The molecule has 1 N–H and O–H groups in total. The number of fused-ring (bicyclic) bond motifs is 1. The Labute approximate surface area is 183 Å². The van der Waals surface area contributed by atoms with Crippen LogP contribution >= 0.6 is 11.6 Å². The van der Waals surface area contributed by atoms with Crippen LogP contribution in [-0.2, 0) is 16.1 Å². The Morgan fingerprint density at radius 2 is 1.81 bits per heavy atom. The summed E-state index contributed by atoms with van der Waals surface area (Å²) in [7, 11) is 0. The number of nitrogens with zero attached hydrogens (tertiary/aromatic N) is 2. The van der Waals surface area contributed by atoms with Gasteiger partial charge < -0.3 is 9.30 Å². The van der Waals surface area contributed by atoms with Gasteiger partial charge in [-0.1, -0.05) is 29.8 Å². The lowest BCUT2D eigenvalue weighted by atomic mass is 10.1. The first-order valence-electron chi connectivity index (χ1n) is 9.83. The minimum atomic E-state index is -0.698. The first-order chi connectivity index (χ1) is 15.0. The van der Waals surface area contributed by atoms with E-state index in [-0.39, 0.29) is 12.1 Å². The number of barbiturate groups is 1. The number of carbonyl (C=O) groups is 3. The Balaban J connectivity index is 1.61. The van der Waals surface area contributed by atoms with Gasteiger partial charge in [-0.2, -0.15) is 0 Å². The van der Waals surface area contributed by atoms with Crippen molar-refractivity contribution in [2.45, 2.75) is 13.5 Å². The van der Waals surface area contributed by atoms with Crippen molar-refractivity contribution in [2.24, 2.45) is 0 Å². The Morgan fingerprint density at radius 1 is 1.06 bits per heavy atom. The van der Waals surface area contributed by atoms with Gasteiger partial charge in [0.1, 0.15) is 17.9 Å². The van der Waals surface area contributed by atoms with Crippen LogP contribution in [0.1, 0.15) is 12.5 Å². The van der Waals surface area contributed by atoms with E-state index in [4.69, 9.17) is 16.3 Å². The van der Waals surface area contributed by atoms with E-state index in [1.165, 1.54) is 6.08 Å². The van der Waals surface area contributed by atoms with Gasteiger partial charge in [-0.05, 0) is 43.3 Å². The molecule has 1 aliphatic rings. The maximum atomic E-state index is 12.6. The number of benzene rings is 2. The molecule has 158 valence electrons. The maximum Gasteiger partial charge on any atom is 0.331 e. The smallest absolute Gasteiger partial charge is 0.331 e. The molecular formula is C23H20ClN3O4. The number of likely N-dealkylation sites (N-methyl/N-ethyl adjacent to an activating group) is 1. The molecule has 1 saturated heterocycles. The molecule has 1 aromatic heterocycles. The van der Waals surface area contributed by atoms with Crippen molar-refractivity contribution in [3.05, 3.63) is 70.9 Å². The van der Waals surface area contributed by atoms with Gasteiger partial charge in [0, 0.05) is 34.2 Å². The second-order valence-corrected chi connectivity index (χ2v) is 7.40. The molecule has 4 rings (SSSR count). The monoisotopic (exact) mass is 437 g/mol. The zero-order valence-corrected chi connectivity index (χ0v) is 17.6. The summed E-state index contributed by atoms with van der Waals surface area (Å²) < 4.78 is 7.80.